The fourth-order valence-electron chi connectivity index (χ4n) is 2.96. The summed E-state index contributed by atoms with van der Waals surface area (Å²) in [5.41, 5.74) is 0. The molecule has 0 atom stereocenters. The first-order chi connectivity index (χ1) is 12.2. The minimum Gasteiger partial charge on any atom is -0.354 e. The molecule has 1 aliphatic heterocycles. The first kappa shape index (κ1) is 17.3. The molecule has 3 rings (SSSR count). The van der Waals surface area contributed by atoms with Crippen molar-refractivity contribution in [2.24, 2.45) is 7.05 Å². The summed E-state index contributed by atoms with van der Waals surface area (Å²) in [6.07, 6.45) is 8.60. The standard InChI is InChI=1S/C17H25N7O/c1-22-11-8-18-15(22)14-23-9-3-10-24(13-12-23)16(25)4-7-21-17-19-5-2-6-20-17/h2,5-6,8,11H,3-4,7,9-10,12-14H2,1H3,(H,19,20,21). The van der Waals surface area contributed by atoms with Gasteiger partial charge in [0.25, 0.3) is 0 Å². The largest absolute Gasteiger partial charge is 0.354 e. The molecule has 2 aromatic rings. The highest BCUT2D eigenvalue weighted by molar-refractivity contribution is 5.76. The lowest BCUT2D eigenvalue weighted by molar-refractivity contribution is -0.130. The molecule has 3 heterocycles. The van der Waals surface area contributed by atoms with Crippen LogP contribution in [-0.2, 0) is 18.4 Å². The van der Waals surface area contributed by atoms with Gasteiger partial charge in [0.15, 0.2) is 0 Å². The number of carbonyl (C=O) groups excluding carboxylic acids is 1. The van der Waals surface area contributed by atoms with E-state index in [0.717, 1.165) is 45.0 Å². The van der Waals surface area contributed by atoms with Crippen LogP contribution >= 0.6 is 0 Å². The van der Waals surface area contributed by atoms with E-state index in [1.54, 1.807) is 18.5 Å². The van der Waals surface area contributed by atoms with E-state index in [4.69, 9.17) is 0 Å². The number of hydrogen-bond acceptors (Lipinski definition) is 6. The number of carbonyl (C=O) groups is 1. The summed E-state index contributed by atoms with van der Waals surface area (Å²) in [6, 6.07) is 1.77. The molecule has 25 heavy (non-hydrogen) atoms. The number of nitrogens with zero attached hydrogens (tertiary/aromatic N) is 6. The maximum atomic E-state index is 12.4. The van der Waals surface area contributed by atoms with Gasteiger partial charge in [-0.3, -0.25) is 9.69 Å². The van der Waals surface area contributed by atoms with Gasteiger partial charge in [0, 0.05) is 71.0 Å². The van der Waals surface area contributed by atoms with E-state index in [1.165, 1.54) is 0 Å². The Kier molecular flexibility index (Phi) is 5.95. The lowest BCUT2D eigenvalue weighted by atomic mass is 10.3. The number of hydrogen-bond donors (Lipinski definition) is 1. The van der Waals surface area contributed by atoms with Gasteiger partial charge in [-0.05, 0) is 12.5 Å². The molecule has 134 valence electrons. The van der Waals surface area contributed by atoms with Crippen LogP contribution in [0.4, 0.5) is 5.95 Å². The van der Waals surface area contributed by atoms with Crippen LogP contribution in [0.15, 0.2) is 30.9 Å². The third-order valence-electron chi connectivity index (χ3n) is 4.41. The average Bonchev–Trinajstić information content (AvgIpc) is 2.89. The summed E-state index contributed by atoms with van der Waals surface area (Å²) in [7, 11) is 2.01. The van der Waals surface area contributed by atoms with E-state index in [2.05, 4.69) is 25.2 Å². The van der Waals surface area contributed by atoms with Crippen LogP contribution in [0.25, 0.3) is 0 Å². The Morgan fingerprint density at radius 1 is 1.12 bits per heavy atom. The predicted octanol–water partition coefficient (Wildman–Crippen LogP) is 0.747. The van der Waals surface area contributed by atoms with E-state index in [-0.39, 0.29) is 5.91 Å². The van der Waals surface area contributed by atoms with Crippen molar-refractivity contribution in [2.45, 2.75) is 19.4 Å². The zero-order chi connectivity index (χ0) is 17.5. The molecular weight excluding hydrogens is 318 g/mol. The molecule has 0 unspecified atom stereocenters. The van der Waals surface area contributed by atoms with Crippen LogP contribution in [0.5, 0.6) is 0 Å². The number of nitrogens with one attached hydrogen (secondary N) is 1. The minimum absolute atomic E-state index is 0.183. The van der Waals surface area contributed by atoms with Crippen LogP contribution in [0.1, 0.15) is 18.7 Å². The molecule has 0 aliphatic carbocycles. The van der Waals surface area contributed by atoms with Crippen molar-refractivity contribution < 1.29 is 4.79 Å². The Balaban J connectivity index is 1.42. The van der Waals surface area contributed by atoms with Crippen LogP contribution in [0.2, 0.25) is 0 Å². The van der Waals surface area contributed by atoms with Gasteiger partial charge < -0.3 is 14.8 Å². The van der Waals surface area contributed by atoms with Gasteiger partial charge in [-0.15, -0.1) is 0 Å². The first-order valence-electron chi connectivity index (χ1n) is 8.69. The number of amides is 1. The summed E-state index contributed by atoms with van der Waals surface area (Å²) in [5.74, 6) is 1.81. The monoisotopic (exact) mass is 343 g/mol. The van der Waals surface area contributed by atoms with Gasteiger partial charge in [0.05, 0.1) is 6.54 Å². The summed E-state index contributed by atoms with van der Waals surface area (Å²) >= 11 is 0. The van der Waals surface area contributed by atoms with Gasteiger partial charge >= 0.3 is 0 Å². The molecular formula is C17H25N7O. The highest BCUT2D eigenvalue weighted by atomic mass is 16.2. The quantitative estimate of drug-likeness (QED) is 0.834. The zero-order valence-corrected chi connectivity index (χ0v) is 14.6. The van der Waals surface area contributed by atoms with Gasteiger partial charge in [-0.25, -0.2) is 15.0 Å². The third kappa shape index (κ3) is 4.99. The molecule has 8 nitrogen and oxygen atoms in total. The van der Waals surface area contributed by atoms with Crippen molar-refractivity contribution in [2.75, 3.05) is 38.0 Å². The van der Waals surface area contributed by atoms with Crippen molar-refractivity contribution in [3.05, 3.63) is 36.7 Å². The molecule has 0 bridgehead atoms. The molecule has 1 amide bonds. The molecule has 1 fully saturated rings. The molecule has 1 N–H and O–H groups in total. The average molecular weight is 343 g/mol. The fourth-order valence-corrected chi connectivity index (χ4v) is 2.96. The number of aryl methyl sites for hydroxylation is 1. The van der Waals surface area contributed by atoms with E-state index in [9.17, 15) is 4.79 Å². The van der Waals surface area contributed by atoms with Gasteiger partial charge in [0.1, 0.15) is 5.82 Å². The van der Waals surface area contributed by atoms with Crippen LogP contribution in [-0.4, -0.2) is 67.9 Å². The van der Waals surface area contributed by atoms with Gasteiger partial charge in [-0.2, -0.15) is 0 Å². The SMILES string of the molecule is Cn1ccnc1CN1CCCN(C(=O)CCNc2ncccn2)CC1. The maximum absolute atomic E-state index is 12.4. The van der Waals surface area contributed by atoms with Crippen molar-refractivity contribution in [3.63, 3.8) is 0 Å². The highest BCUT2D eigenvalue weighted by Gasteiger charge is 2.19. The minimum atomic E-state index is 0.183. The molecule has 1 aliphatic rings. The number of rotatable bonds is 6. The maximum Gasteiger partial charge on any atom is 0.224 e. The van der Waals surface area contributed by atoms with Gasteiger partial charge in [-0.1, -0.05) is 0 Å². The summed E-state index contributed by atoms with van der Waals surface area (Å²) in [4.78, 5) is 29.3. The zero-order valence-electron chi connectivity index (χ0n) is 14.6. The topological polar surface area (TPSA) is 79.2 Å². The first-order valence-corrected chi connectivity index (χ1v) is 8.69. The summed E-state index contributed by atoms with van der Waals surface area (Å²) < 4.78 is 2.05. The van der Waals surface area contributed by atoms with Crippen LogP contribution in [0.3, 0.4) is 0 Å². The number of imidazole rings is 1. The molecule has 8 heteroatoms. The molecule has 0 aromatic carbocycles. The third-order valence-corrected chi connectivity index (χ3v) is 4.41. The molecule has 1 saturated heterocycles. The Morgan fingerprint density at radius 2 is 1.96 bits per heavy atom. The van der Waals surface area contributed by atoms with E-state index in [0.29, 0.717) is 18.9 Å². The lowest BCUT2D eigenvalue weighted by Gasteiger charge is -2.22. The van der Waals surface area contributed by atoms with Crippen molar-refractivity contribution in [3.8, 4) is 0 Å². The van der Waals surface area contributed by atoms with E-state index < -0.39 is 0 Å². The van der Waals surface area contributed by atoms with Gasteiger partial charge in [0.2, 0.25) is 11.9 Å². The number of aromatic nitrogens is 4. The van der Waals surface area contributed by atoms with Crippen LogP contribution < -0.4 is 5.32 Å². The van der Waals surface area contributed by atoms with E-state index in [1.807, 2.05) is 28.9 Å². The summed E-state index contributed by atoms with van der Waals surface area (Å²) in [5, 5.41) is 3.08. The highest BCUT2D eigenvalue weighted by Crippen LogP contribution is 2.09. The molecule has 0 saturated carbocycles. The smallest absolute Gasteiger partial charge is 0.224 e. The van der Waals surface area contributed by atoms with Crippen molar-refractivity contribution in [1.29, 1.82) is 0 Å². The second-order valence-corrected chi connectivity index (χ2v) is 6.21. The Hall–Kier alpha value is -2.48. The lowest BCUT2D eigenvalue weighted by Crippen LogP contribution is -2.36. The Labute approximate surface area is 147 Å². The van der Waals surface area contributed by atoms with Crippen molar-refractivity contribution >= 4 is 11.9 Å². The summed E-state index contributed by atoms with van der Waals surface area (Å²) in [6.45, 7) is 4.85. The predicted molar refractivity (Wildman–Crippen MR) is 94.8 cm³/mol. The Morgan fingerprint density at radius 3 is 2.72 bits per heavy atom. The molecule has 2 aromatic heterocycles. The number of anilines is 1. The Bertz CT molecular complexity index is 673. The molecule has 0 radical (unpaired) electrons. The second-order valence-electron chi connectivity index (χ2n) is 6.21. The second kappa shape index (κ2) is 8.57. The molecule has 0 spiro atoms. The normalized spacial score (nSPS) is 15.8. The van der Waals surface area contributed by atoms with Crippen LogP contribution in [0, 0.1) is 0 Å². The fraction of sp³-hybridized carbons (Fsp3) is 0.529. The van der Waals surface area contributed by atoms with E-state index >= 15 is 0 Å². The van der Waals surface area contributed by atoms with Crippen molar-refractivity contribution in [1.82, 2.24) is 29.3 Å².